The molecular weight excluding hydrogens is 303 g/mol. The van der Waals surface area contributed by atoms with Gasteiger partial charge < -0.3 is 0 Å². The fourth-order valence-corrected chi connectivity index (χ4v) is 3.64. The molecule has 22 heavy (non-hydrogen) atoms. The lowest BCUT2D eigenvalue weighted by Gasteiger charge is -2.13. The molecule has 0 bridgehead atoms. The summed E-state index contributed by atoms with van der Waals surface area (Å²) in [4.78, 5) is 12.4. The van der Waals surface area contributed by atoms with Crippen molar-refractivity contribution >= 4 is 17.5 Å². The van der Waals surface area contributed by atoms with Crippen molar-refractivity contribution in [2.75, 3.05) is 0 Å². The average molecular weight is 320 g/mol. The summed E-state index contributed by atoms with van der Waals surface area (Å²) in [5.74, 6) is -0.395. The topological polar surface area (TPSA) is 60.7 Å². The third-order valence-corrected chi connectivity index (χ3v) is 4.96. The standard InChI is InChI=1S/C15H17FN4OS/c1-10(14(21)11-6-8-12(16)9-7-11)22-15-17-18-19-20(15)13-4-2-3-5-13/h6-10,13H,2-5H2,1H3. The molecule has 0 spiro atoms. The van der Waals surface area contributed by atoms with E-state index in [1.165, 1.54) is 48.9 Å². The van der Waals surface area contributed by atoms with Crippen molar-refractivity contribution in [3.63, 3.8) is 0 Å². The lowest BCUT2D eigenvalue weighted by Crippen LogP contribution is -2.16. The van der Waals surface area contributed by atoms with E-state index in [9.17, 15) is 9.18 Å². The maximum Gasteiger partial charge on any atom is 0.210 e. The molecule has 1 unspecified atom stereocenters. The molecule has 0 amide bonds. The molecule has 1 aromatic carbocycles. The molecule has 1 aliphatic rings. The molecule has 0 saturated heterocycles. The summed E-state index contributed by atoms with van der Waals surface area (Å²) in [6.45, 7) is 1.82. The van der Waals surface area contributed by atoms with Crippen molar-refractivity contribution < 1.29 is 9.18 Å². The zero-order valence-electron chi connectivity index (χ0n) is 12.3. The van der Waals surface area contributed by atoms with Crippen LogP contribution >= 0.6 is 11.8 Å². The maximum atomic E-state index is 12.9. The first kappa shape index (κ1) is 15.1. The van der Waals surface area contributed by atoms with E-state index in [2.05, 4.69) is 15.5 Å². The van der Waals surface area contributed by atoms with Gasteiger partial charge in [-0.3, -0.25) is 4.79 Å². The number of tetrazole rings is 1. The molecule has 1 atom stereocenters. The van der Waals surface area contributed by atoms with Crippen molar-refractivity contribution in [2.24, 2.45) is 0 Å². The minimum Gasteiger partial charge on any atom is -0.293 e. The van der Waals surface area contributed by atoms with Gasteiger partial charge >= 0.3 is 0 Å². The summed E-state index contributed by atoms with van der Waals surface area (Å²) in [6.07, 6.45) is 4.55. The number of carbonyl (C=O) groups is 1. The van der Waals surface area contributed by atoms with Crippen LogP contribution < -0.4 is 0 Å². The highest BCUT2D eigenvalue weighted by Gasteiger charge is 2.25. The van der Waals surface area contributed by atoms with E-state index in [0.29, 0.717) is 16.8 Å². The third-order valence-electron chi connectivity index (χ3n) is 3.91. The van der Waals surface area contributed by atoms with Crippen LogP contribution in [0.3, 0.4) is 0 Å². The summed E-state index contributed by atoms with van der Waals surface area (Å²) >= 11 is 1.35. The second-order valence-electron chi connectivity index (χ2n) is 5.48. The molecule has 7 heteroatoms. The van der Waals surface area contributed by atoms with Gasteiger partial charge in [0.25, 0.3) is 0 Å². The van der Waals surface area contributed by atoms with Gasteiger partial charge in [0.15, 0.2) is 5.78 Å². The van der Waals surface area contributed by atoms with E-state index in [-0.39, 0.29) is 16.9 Å². The highest BCUT2D eigenvalue weighted by atomic mass is 32.2. The fraction of sp³-hybridized carbons (Fsp3) is 0.467. The SMILES string of the molecule is CC(Sc1nnnn1C1CCCC1)C(=O)c1ccc(F)cc1. The van der Waals surface area contributed by atoms with Crippen LogP contribution in [0.15, 0.2) is 29.4 Å². The summed E-state index contributed by atoms with van der Waals surface area (Å²) in [6, 6.07) is 5.95. The predicted molar refractivity (Wildman–Crippen MR) is 81.4 cm³/mol. The molecule has 0 N–H and O–H groups in total. The number of Topliss-reactive ketones (excluding diaryl/α,β-unsaturated/α-hetero) is 1. The van der Waals surface area contributed by atoms with Gasteiger partial charge in [0.05, 0.1) is 11.3 Å². The molecule has 1 aliphatic carbocycles. The molecular formula is C15H17FN4OS. The van der Waals surface area contributed by atoms with E-state index >= 15 is 0 Å². The number of halogens is 1. The zero-order chi connectivity index (χ0) is 15.5. The highest BCUT2D eigenvalue weighted by molar-refractivity contribution is 8.00. The molecule has 116 valence electrons. The number of ketones is 1. The predicted octanol–water partition coefficient (Wildman–Crippen LogP) is 3.29. The second kappa shape index (κ2) is 6.56. The third kappa shape index (κ3) is 3.19. The number of aromatic nitrogens is 4. The quantitative estimate of drug-likeness (QED) is 0.625. The number of carbonyl (C=O) groups excluding carboxylic acids is 1. The number of rotatable bonds is 5. The minimum atomic E-state index is -0.345. The molecule has 1 heterocycles. The molecule has 2 aromatic rings. The van der Waals surface area contributed by atoms with Crippen LogP contribution in [0.5, 0.6) is 0 Å². The zero-order valence-corrected chi connectivity index (χ0v) is 13.1. The number of nitrogens with zero attached hydrogens (tertiary/aromatic N) is 4. The Labute approximate surface area is 132 Å². The number of hydrogen-bond acceptors (Lipinski definition) is 5. The van der Waals surface area contributed by atoms with Crippen LogP contribution in [0.2, 0.25) is 0 Å². The summed E-state index contributed by atoms with van der Waals surface area (Å²) in [5, 5.41) is 12.2. The fourth-order valence-electron chi connectivity index (χ4n) is 2.70. The maximum absolute atomic E-state index is 12.9. The van der Waals surface area contributed by atoms with Gasteiger partial charge in [0, 0.05) is 5.56 Å². The van der Waals surface area contributed by atoms with Gasteiger partial charge in [0.1, 0.15) is 5.82 Å². The Bertz CT molecular complexity index is 652. The van der Waals surface area contributed by atoms with Gasteiger partial charge in [-0.1, -0.05) is 24.6 Å². The Hall–Kier alpha value is -1.76. The van der Waals surface area contributed by atoms with Crippen LogP contribution in [-0.2, 0) is 0 Å². The number of benzene rings is 1. The van der Waals surface area contributed by atoms with E-state index in [1.807, 2.05) is 11.6 Å². The Kier molecular flexibility index (Phi) is 4.52. The highest BCUT2D eigenvalue weighted by Crippen LogP contribution is 2.33. The summed E-state index contributed by atoms with van der Waals surface area (Å²) < 4.78 is 14.8. The van der Waals surface area contributed by atoms with Gasteiger partial charge in [-0.25, -0.2) is 9.07 Å². The van der Waals surface area contributed by atoms with Crippen LogP contribution in [0.1, 0.15) is 49.0 Å². The largest absolute Gasteiger partial charge is 0.293 e. The molecule has 5 nitrogen and oxygen atoms in total. The molecule has 1 aromatic heterocycles. The lowest BCUT2D eigenvalue weighted by molar-refractivity contribution is 0.0993. The van der Waals surface area contributed by atoms with E-state index < -0.39 is 0 Å². The Morgan fingerprint density at radius 2 is 2.00 bits per heavy atom. The van der Waals surface area contributed by atoms with Gasteiger partial charge in [-0.05, 0) is 54.5 Å². The van der Waals surface area contributed by atoms with Crippen molar-refractivity contribution in [1.29, 1.82) is 0 Å². The molecule has 3 rings (SSSR count). The minimum absolute atomic E-state index is 0.0500. The van der Waals surface area contributed by atoms with Crippen LogP contribution in [0, 0.1) is 5.82 Å². The van der Waals surface area contributed by atoms with Gasteiger partial charge in [-0.2, -0.15) is 0 Å². The van der Waals surface area contributed by atoms with Crippen molar-refractivity contribution in [2.45, 2.75) is 49.1 Å². The summed E-state index contributed by atoms with van der Waals surface area (Å²) in [7, 11) is 0. The summed E-state index contributed by atoms with van der Waals surface area (Å²) in [5.41, 5.74) is 0.501. The second-order valence-corrected chi connectivity index (χ2v) is 6.78. The average Bonchev–Trinajstić information content (AvgIpc) is 3.18. The van der Waals surface area contributed by atoms with E-state index in [0.717, 1.165) is 12.8 Å². The molecule has 1 fully saturated rings. The monoisotopic (exact) mass is 320 g/mol. The van der Waals surface area contributed by atoms with E-state index in [4.69, 9.17) is 0 Å². The first-order valence-electron chi connectivity index (χ1n) is 7.39. The normalized spacial score (nSPS) is 16.8. The van der Waals surface area contributed by atoms with Crippen molar-refractivity contribution in [1.82, 2.24) is 20.2 Å². The lowest BCUT2D eigenvalue weighted by atomic mass is 10.1. The van der Waals surface area contributed by atoms with Crippen molar-refractivity contribution in [3.8, 4) is 0 Å². The first-order chi connectivity index (χ1) is 10.6. The Balaban J connectivity index is 1.71. The van der Waals surface area contributed by atoms with E-state index in [1.54, 1.807) is 0 Å². The van der Waals surface area contributed by atoms with Crippen molar-refractivity contribution in [3.05, 3.63) is 35.6 Å². The van der Waals surface area contributed by atoms with Gasteiger partial charge in [0.2, 0.25) is 5.16 Å². The first-order valence-corrected chi connectivity index (χ1v) is 8.27. The smallest absolute Gasteiger partial charge is 0.210 e. The molecule has 1 saturated carbocycles. The van der Waals surface area contributed by atoms with Crippen LogP contribution in [0.25, 0.3) is 0 Å². The molecule has 0 aliphatic heterocycles. The number of thioether (sulfide) groups is 1. The Morgan fingerprint density at radius 3 is 2.68 bits per heavy atom. The van der Waals surface area contributed by atoms with Crippen LogP contribution in [-0.4, -0.2) is 31.2 Å². The molecule has 0 radical (unpaired) electrons. The van der Waals surface area contributed by atoms with Gasteiger partial charge in [-0.15, -0.1) is 5.10 Å². The Morgan fingerprint density at radius 1 is 1.32 bits per heavy atom. The number of hydrogen-bond donors (Lipinski definition) is 0. The van der Waals surface area contributed by atoms with Crippen LogP contribution in [0.4, 0.5) is 4.39 Å².